The molecule has 1 N–H and O–H groups in total. The molecule has 14 heavy (non-hydrogen) atoms. The Labute approximate surface area is 85.9 Å². The monoisotopic (exact) mass is 207 g/mol. The van der Waals surface area contributed by atoms with Crippen molar-refractivity contribution in [2.24, 2.45) is 0 Å². The van der Waals surface area contributed by atoms with Gasteiger partial charge < -0.3 is 5.11 Å². The fourth-order valence-electron chi connectivity index (χ4n) is 0.889. The van der Waals surface area contributed by atoms with E-state index in [9.17, 15) is 4.79 Å². The van der Waals surface area contributed by atoms with Crippen molar-refractivity contribution in [2.75, 3.05) is 0 Å². The number of hydrogen-bond acceptors (Lipinski definition) is 2. The van der Waals surface area contributed by atoms with Crippen molar-refractivity contribution in [1.82, 2.24) is 0 Å². The highest BCUT2D eigenvalue weighted by Crippen LogP contribution is 2.17. The third-order valence-corrected chi connectivity index (χ3v) is 1.90. The second-order valence-corrected chi connectivity index (χ2v) is 2.90. The van der Waals surface area contributed by atoms with E-state index >= 15 is 0 Å². The second kappa shape index (κ2) is 4.45. The first-order valence-corrected chi connectivity index (χ1v) is 4.12. The van der Waals surface area contributed by atoms with Gasteiger partial charge in [-0.05, 0) is 17.7 Å². The fraction of sp³-hybridized carbons (Fsp3) is 0. The van der Waals surface area contributed by atoms with Crippen LogP contribution in [0.25, 0.3) is 6.08 Å². The highest BCUT2D eigenvalue weighted by molar-refractivity contribution is 6.32. The molecule has 4 heteroatoms. The third-order valence-electron chi connectivity index (χ3n) is 1.56. The molecule has 0 aliphatic heterocycles. The minimum Gasteiger partial charge on any atom is -0.477 e. The number of carboxylic acids is 1. The lowest BCUT2D eigenvalue weighted by atomic mass is 10.1. The van der Waals surface area contributed by atoms with E-state index in [-0.39, 0.29) is 5.57 Å². The number of nitriles is 1. The lowest BCUT2D eigenvalue weighted by molar-refractivity contribution is -0.132. The van der Waals surface area contributed by atoms with Crippen LogP contribution in [0.4, 0.5) is 0 Å². The van der Waals surface area contributed by atoms with Crippen LogP contribution in [-0.4, -0.2) is 11.1 Å². The first kappa shape index (κ1) is 10.3. The molecule has 0 heterocycles. The molecule has 0 bridgehead atoms. The summed E-state index contributed by atoms with van der Waals surface area (Å²) in [7, 11) is 0. The third kappa shape index (κ3) is 2.35. The number of aliphatic carboxylic acids is 1. The first-order valence-electron chi connectivity index (χ1n) is 3.75. The average molecular weight is 208 g/mol. The van der Waals surface area contributed by atoms with E-state index in [1.54, 1.807) is 30.3 Å². The van der Waals surface area contributed by atoms with E-state index < -0.39 is 5.97 Å². The normalized spacial score (nSPS) is 10.7. The van der Waals surface area contributed by atoms with Crippen LogP contribution in [0, 0.1) is 11.3 Å². The smallest absolute Gasteiger partial charge is 0.346 e. The number of carboxylic acid groups (broad SMARTS) is 1. The Morgan fingerprint density at radius 2 is 2.14 bits per heavy atom. The summed E-state index contributed by atoms with van der Waals surface area (Å²) in [5, 5.41) is 17.5. The second-order valence-electron chi connectivity index (χ2n) is 2.50. The molecule has 0 aliphatic rings. The van der Waals surface area contributed by atoms with Crippen LogP contribution < -0.4 is 0 Å². The van der Waals surface area contributed by atoms with Crippen molar-refractivity contribution in [3.05, 3.63) is 40.4 Å². The summed E-state index contributed by atoms with van der Waals surface area (Å²) in [5.41, 5.74) is 0.186. The Balaban J connectivity index is 3.15. The molecule has 0 unspecified atom stereocenters. The summed E-state index contributed by atoms with van der Waals surface area (Å²) in [4.78, 5) is 10.5. The van der Waals surface area contributed by atoms with Crippen LogP contribution in [0.1, 0.15) is 5.56 Å². The maximum Gasteiger partial charge on any atom is 0.346 e. The molecule has 0 aromatic heterocycles. The van der Waals surface area contributed by atoms with Crippen molar-refractivity contribution < 1.29 is 9.90 Å². The minimum atomic E-state index is -1.26. The molecule has 1 aromatic carbocycles. The molecule has 0 saturated heterocycles. The summed E-state index contributed by atoms with van der Waals surface area (Å²) in [5.74, 6) is -1.26. The van der Waals surface area contributed by atoms with Gasteiger partial charge in [-0.25, -0.2) is 4.79 Å². The Kier molecular flexibility index (Phi) is 3.27. The Hall–Kier alpha value is -1.79. The molecule has 0 saturated carbocycles. The Morgan fingerprint density at radius 1 is 1.50 bits per heavy atom. The number of benzene rings is 1. The standard InChI is InChI=1S/C10H6ClNO2/c11-9-4-2-1-3-7(9)5-8(6-12)10(13)14/h1-5H,(H,13,14). The molecule has 0 atom stereocenters. The topological polar surface area (TPSA) is 61.1 Å². The van der Waals surface area contributed by atoms with Crippen molar-refractivity contribution in [1.29, 1.82) is 5.26 Å². The molecule has 0 spiro atoms. The van der Waals surface area contributed by atoms with Crippen LogP contribution in [0.2, 0.25) is 5.02 Å². The lowest BCUT2D eigenvalue weighted by Gasteiger charge is -1.96. The van der Waals surface area contributed by atoms with Gasteiger partial charge in [-0.3, -0.25) is 0 Å². The van der Waals surface area contributed by atoms with Crippen LogP contribution >= 0.6 is 11.6 Å². The molecule has 1 aromatic rings. The highest BCUT2D eigenvalue weighted by atomic mass is 35.5. The zero-order chi connectivity index (χ0) is 10.6. The predicted molar refractivity (Wildman–Crippen MR) is 52.7 cm³/mol. The Morgan fingerprint density at radius 3 is 2.64 bits per heavy atom. The quantitative estimate of drug-likeness (QED) is 0.598. The van der Waals surface area contributed by atoms with E-state index in [4.69, 9.17) is 22.0 Å². The van der Waals surface area contributed by atoms with Gasteiger partial charge in [0.25, 0.3) is 0 Å². The van der Waals surface area contributed by atoms with Gasteiger partial charge in [-0.15, -0.1) is 0 Å². The summed E-state index contributed by atoms with van der Waals surface area (Å²) in [6.07, 6.45) is 1.24. The van der Waals surface area contributed by atoms with E-state index in [1.165, 1.54) is 6.08 Å². The number of halogens is 1. The Bertz CT molecular complexity index is 432. The predicted octanol–water partition coefficient (Wildman–Crippen LogP) is 2.33. The van der Waals surface area contributed by atoms with Gasteiger partial charge >= 0.3 is 5.97 Å². The summed E-state index contributed by atoms with van der Waals surface area (Å²) >= 11 is 5.78. The maximum atomic E-state index is 10.5. The number of hydrogen-bond donors (Lipinski definition) is 1. The minimum absolute atomic E-state index is 0.335. The molecule has 0 radical (unpaired) electrons. The van der Waals surface area contributed by atoms with Gasteiger partial charge in [-0.1, -0.05) is 29.8 Å². The fourth-order valence-corrected chi connectivity index (χ4v) is 1.08. The van der Waals surface area contributed by atoms with E-state index in [2.05, 4.69) is 0 Å². The van der Waals surface area contributed by atoms with Crippen LogP contribution in [0.5, 0.6) is 0 Å². The zero-order valence-electron chi connectivity index (χ0n) is 7.07. The van der Waals surface area contributed by atoms with Crippen molar-refractivity contribution in [2.45, 2.75) is 0 Å². The first-order chi connectivity index (χ1) is 6.65. The zero-order valence-corrected chi connectivity index (χ0v) is 7.82. The lowest BCUT2D eigenvalue weighted by Crippen LogP contribution is -1.97. The summed E-state index contributed by atoms with van der Waals surface area (Å²) in [6.45, 7) is 0. The van der Waals surface area contributed by atoms with Gasteiger partial charge in [0.2, 0.25) is 0 Å². The van der Waals surface area contributed by atoms with Gasteiger partial charge in [0.05, 0.1) is 0 Å². The van der Waals surface area contributed by atoms with Crippen molar-refractivity contribution in [3.8, 4) is 6.07 Å². The summed E-state index contributed by atoms with van der Waals surface area (Å²) in [6, 6.07) is 8.30. The molecule has 0 amide bonds. The molecule has 0 fully saturated rings. The average Bonchev–Trinajstić information content (AvgIpc) is 2.16. The largest absolute Gasteiger partial charge is 0.477 e. The summed E-state index contributed by atoms with van der Waals surface area (Å²) < 4.78 is 0. The van der Waals surface area contributed by atoms with Gasteiger partial charge in [-0.2, -0.15) is 5.26 Å². The van der Waals surface area contributed by atoms with Crippen molar-refractivity contribution >= 4 is 23.6 Å². The van der Waals surface area contributed by atoms with Crippen LogP contribution in [0.15, 0.2) is 29.8 Å². The molecular formula is C10H6ClNO2. The molecular weight excluding hydrogens is 202 g/mol. The van der Waals surface area contributed by atoms with Crippen LogP contribution in [-0.2, 0) is 4.79 Å². The SMILES string of the molecule is N#CC(=Cc1ccccc1Cl)C(=O)O. The van der Waals surface area contributed by atoms with Gasteiger partial charge in [0, 0.05) is 5.02 Å². The number of carbonyl (C=O) groups is 1. The van der Waals surface area contributed by atoms with Gasteiger partial charge in [0.1, 0.15) is 11.6 Å². The molecule has 70 valence electrons. The maximum absolute atomic E-state index is 10.5. The molecule has 3 nitrogen and oxygen atoms in total. The van der Waals surface area contributed by atoms with E-state index in [1.807, 2.05) is 0 Å². The highest BCUT2D eigenvalue weighted by Gasteiger charge is 2.06. The molecule has 1 rings (SSSR count). The van der Waals surface area contributed by atoms with Crippen molar-refractivity contribution in [3.63, 3.8) is 0 Å². The molecule has 0 aliphatic carbocycles. The van der Waals surface area contributed by atoms with E-state index in [0.717, 1.165) is 0 Å². The number of nitrogens with zero attached hydrogens (tertiary/aromatic N) is 1. The van der Waals surface area contributed by atoms with E-state index in [0.29, 0.717) is 10.6 Å². The number of rotatable bonds is 2. The van der Waals surface area contributed by atoms with Crippen LogP contribution in [0.3, 0.4) is 0 Å². The van der Waals surface area contributed by atoms with Gasteiger partial charge in [0.15, 0.2) is 0 Å².